The van der Waals surface area contributed by atoms with Crippen LogP contribution in [0, 0.1) is 6.92 Å². The Kier molecular flexibility index (Phi) is 4.01. The molecule has 29 heavy (non-hydrogen) atoms. The van der Waals surface area contributed by atoms with Gasteiger partial charge >= 0.3 is 0 Å². The molecule has 0 N–H and O–H groups in total. The zero-order valence-electron chi connectivity index (χ0n) is 15.7. The Morgan fingerprint density at radius 1 is 1.24 bits per heavy atom. The predicted octanol–water partition coefficient (Wildman–Crippen LogP) is 3.27. The molecule has 1 saturated carbocycles. The molecule has 0 bridgehead atoms. The molecule has 0 amide bonds. The fourth-order valence-electron chi connectivity index (χ4n) is 3.75. The molecule has 3 heterocycles. The van der Waals surface area contributed by atoms with Crippen LogP contribution < -0.4 is 5.56 Å². The number of aromatic nitrogens is 5. The van der Waals surface area contributed by atoms with Crippen molar-refractivity contribution in [2.24, 2.45) is 0 Å². The molecule has 4 aromatic rings. The number of rotatable bonds is 4. The molecule has 1 fully saturated rings. The first-order valence-electron chi connectivity index (χ1n) is 9.41. The van der Waals surface area contributed by atoms with Gasteiger partial charge in [-0.2, -0.15) is 10.1 Å². The average Bonchev–Trinajstić information content (AvgIpc) is 3.16. The summed E-state index contributed by atoms with van der Waals surface area (Å²) in [5.41, 5.74) is 0.683. The molecule has 1 aliphatic rings. The van der Waals surface area contributed by atoms with Gasteiger partial charge < -0.3 is 4.52 Å². The van der Waals surface area contributed by atoms with Crippen LogP contribution in [0.4, 0.5) is 4.39 Å². The zero-order valence-corrected chi connectivity index (χ0v) is 15.7. The first kappa shape index (κ1) is 17.7. The minimum Gasteiger partial charge on any atom is -0.337 e. The highest BCUT2D eigenvalue weighted by Gasteiger charge is 2.48. The second kappa shape index (κ2) is 6.58. The van der Waals surface area contributed by atoms with Gasteiger partial charge in [0.25, 0.3) is 5.56 Å². The summed E-state index contributed by atoms with van der Waals surface area (Å²) in [6, 6.07) is 10.9. The van der Waals surface area contributed by atoms with Crippen molar-refractivity contribution in [2.75, 3.05) is 0 Å². The number of halogens is 1. The molecule has 5 rings (SSSR count). The van der Waals surface area contributed by atoms with E-state index < -0.39 is 5.67 Å². The van der Waals surface area contributed by atoms with Crippen LogP contribution in [0.5, 0.6) is 0 Å². The van der Waals surface area contributed by atoms with Crippen LogP contribution in [-0.2, 0) is 12.2 Å². The Bertz CT molecular complexity index is 1240. The summed E-state index contributed by atoms with van der Waals surface area (Å²) >= 11 is 0. The molecule has 8 heteroatoms. The second-order valence-electron chi connectivity index (χ2n) is 7.53. The fourth-order valence-corrected chi connectivity index (χ4v) is 3.75. The highest BCUT2D eigenvalue weighted by Crippen LogP contribution is 2.53. The average molecular weight is 391 g/mol. The lowest BCUT2D eigenvalue weighted by Gasteiger charge is -2.40. The highest BCUT2D eigenvalue weighted by molar-refractivity contribution is 5.75. The number of alkyl halides is 1. The van der Waals surface area contributed by atoms with E-state index in [0.29, 0.717) is 35.1 Å². The molecular weight excluding hydrogens is 373 g/mol. The van der Waals surface area contributed by atoms with Crippen LogP contribution in [-0.4, -0.2) is 24.9 Å². The molecule has 146 valence electrons. The van der Waals surface area contributed by atoms with E-state index in [0.717, 1.165) is 5.56 Å². The van der Waals surface area contributed by atoms with Crippen molar-refractivity contribution in [3.63, 3.8) is 0 Å². The molecule has 1 aliphatic carbocycles. The molecule has 1 aromatic carbocycles. The number of hydrogen-bond acceptors (Lipinski definition) is 6. The minimum absolute atomic E-state index is 0.0577. The van der Waals surface area contributed by atoms with Crippen molar-refractivity contribution < 1.29 is 8.91 Å². The molecule has 0 saturated heterocycles. The van der Waals surface area contributed by atoms with E-state index in [4.69, 9.17) is 4.52 Å². The first-order valence-corrected chi connectivity index (χ1v) is 9.41. The number of nitrogens with zero attached hydrogens (tertiary/aromatic N) is 5. The number of fused-ring (bicyclic) bond motifs is 1. The maximum Gasteiger partial charge on any atom is 0.276 e. The molecule has 0 aliphatic heterocycles. The maximum atomic E-state index is 15.1. The molecule has 0 spiro atoms. The van der Waals surface area contributed by atoms with Gasteiger partial charge in [0, 0.05) is 12.1 Å². The van der Waals surface area contributed by atoms with Crippen LogP contribution in [0.1, 0.15) is 41.6 Å². The number of pyridine rings is 1. The van der Waals surface area contributed by atoms with Gasteiger partial charge in [-0.25, -0.2) is 9.07 Å². The summed E-state index contributed by atoms with van der Waals surface area (Å²) in [7, 11) is 0. The Labute approximate surface area is 165 Å². The topological polar surface area (TPSA) is 86.7 Å². The summed E-state index contributed by atoms with van der Waals surface area (Å²) < 4.78 is 21.7. The van der Waals surface area contributed by atoms with E-state index in [-0.39, 0.29) is 23.9 Å². The standard InChI is InChI=1S/C21H18FN5O2/c1-13-4-6-15(7-5-13)21(22)9-14(10-21)19-25-18(29-26-19)12-27-20(28)16-3-2-8-23-17(16)11-24-27/h2-8,11,14H,9-10,12H2,1H3. The third-order valence-electron chi connectivity index (χ3n) is 5.47. The smallest absolute Gasteiger partial charge is 0.276 e. The molecule has 0 unspecified atom stereocenters. The monoisotopic (exact) mass is 391 g/mol. The zero-order chi connectivity index (χ0) is 20.0. The Balaban J connectivity index is 1.32. The third kappa shape index (κ3) is 3.10. The summed E-state index contributed by atoms with van der Waals surface area (Å²) in [4.78, 5) is 21.0. The quantitative estimate of drug-likeness (QED) is 0.531. The Morgan fingerprint density at radius 3 is 2.83 bits per heavy atom. The van der Waals surface area contributed by atoms with E-state index in [1.807, 2.05) is 31.2 Å². The van der Waals surface area contributed by atoms with Gasteiger partial charge in [-0.1, -0.05) is 35.0 Å². The molecular formula is C21H18FN5O2. The van der Waals surface area contributed by atoms with E-state index in [1.54, 1.807) is 18.3 Å². The van der Waals surface area contributed by atoms with E-state index in [1.165, 1.54) is 10.9 Å². The van der Waals surface area contributed by atoms with Crippen molar-refractivity contribution in [1.29, 1.82) is 0 Å². The van der Waals surface area contributed by atoms with Gasteiger partial charge in [-0.3, -0.25) is 9.78 Å². The summed E-state index contributed by atoms with van der Waals surface area (Å²) in [5, 5.41) is 8.58. The molecule has 7 nitrogen and oxygen atoms in total. The van der Waals surface area contributed by atoms with Gasteiger partial charge in [-0.05, 0) is 37.5 Å². The number of aryl methyl sites for hydroxylation is 1. The van der Waals surface area contributed by atoms with E-state index in [9.17, 15) is 4.79 Å². The molecule has 0 radical (unpaired) electrons. The normalized spacial score (nSPS) is 21.2. The summed E-state index contributed by atoms with van der Waals surface area (Å²) in [5.74, 6) is 0.629. The molecule has 3 aromatic heterocycles. The Morgan fingerprint density at radius 2 is 2.03 bits per heavy atom. The largest absolute Gasteiger partial charge is 0.337 e. The lowest BCUT2D eigenvalue weighted by molar-refractivity contribution is 0.0336. The van der Waals surface area contributed by atoms with Crippen LogP contribution in [0.15, 0.2) is 58.1 Å². The van der Waals surface area contributed by atoms with E-state index >= 15 is 4.39 Å². The predicted molar refractivity (Wildman–Crippen MR) is 103 cm³/mol. The van der Waals surface area contributed by atoms with Crippen molar-refractivity contribution >= 4 is 10.9 Å². The minimum atomic E-state index is -1.36. The van der Waals surface area contributed by atoms with Crippen LogP contribution in [0.3, 0.4) is 0 Å². The van der Waals surface area contributed by atoms with Crippen molar-refractivity contribution in [3.8, 4) is 0 Å². The lowest BCUT2D eigenvalue weighted by Crippen LogP contribution is -2.36. The Hall–Kier alpha value is -3.42. The van der Waals surface area contributed by atoms with Crippen LogP contribution in [0.2, 0.25) is 0 Å². The fraction of sp³-hybridized carbons (Fsp3) is 0.286. The third-order valence-corrected chi connectivity index (χ3v) is 5.47. The number of hydrogen-bond donors (Lipinski definition) is 0. The van der Waals surface area contributed by atoms with Gasteiger partial charge in [0.15, 0.2) is 5.82 Å². The van der Waals surface area contributed by atoms with Gasteiger partial charge in [0.2, 0.25) is 5.89 Å². The maximum absolute atomic E-state index is 15.1. The van der Waals surface area contributed by atoms with Gasteiger partial charge in [0.05, 0.1) is 17.1 Å². The van der Waals surface area contributed by atoms with Crippen molar-refractivity contribution in [3.05, 3.63) is 82.0 Å². The van der Waals surface area contributed by atoms with Crippen molar-refractivity contribution in [1.82, 2.24) is 24.9 Å². The lowest BCUT2D eigenvalue weighted by atomic mass is 9.68. The summed E-state index contributed by atoms with van der Waals surface area (Å²) in [6.45, 7) is 2.04. The molecule has 0 atom stereocenters. The number of benzene rings is 1. The van der Waals surface area contributed by atoms with Gasteiger partial charge in [0.1, 0.15) is 12.2 Å². The van der Waals surface area contributed by atoms with Gasteiger partial charge in [-0.15, -0.1) is 0 Å². The second-order valence-corrected chi connectivity index (χ2v) is 7.53. The van der Waals surface area contributed by atoms with Crippen LogP contribution in [0.25, 0.3) is 10.9 Å². The van der Waals surface area contributed by atoms with Crippen molar-refractivity contribution in [2.45, 2.75) is 37.9 Å². The first-order chi connectivity index (χ1) is 14.0. The highest BCUT2D eigenvalue weighted by atomic mass is 19.1. The van der Waals surface area contributed by atoms with E-state index in [2.05, 4.69) is 20.2 Å². The summed E-state index contributed by atoms with van der Waals surface area (Å²) in [6.07, 6.45) is 3.76. The van der Waals surface area contributed by atoms with Crippen LogP contribution >= 0.6 is 0 Å². The SMILES string of the molecule is Cc1ccc(C2(F)CC(c3noc(Cn4ncc5ncccc5c4=O)n3)C2)cc1.